The fourth-order valence-corrected chi connectivity index (χ4v) is 7.81. The van der Waals surface area contributed by atoms with Gasteiger partial charge in [0.2, 0.25) is 0 Å². The van der Waals surface area contributed by atoms with Gasteiger partial charge in [0.15, 0.2) is 0 Å². The molecule has 3 saturated carbocycles. The summed E-state index contributed by atoms with van der Waals surface area (Å²) in [5.74, 6) is 6.05. The maximum Gasteiger partial charge on any atom is -0.0162 e. The van der Waals surface area contributed by atoms with Crippen LogP contribution >= 0.6 is 0 Å². The van der Waals surface area contributed by atoms with Gasteiger partial charge in [0, 0.05) is 0 Å². The van der Waals surface area contributed by atoms with Crippen LogP contribution in [0.3, 0.4) is 0 Å². The number of hydrogen-bond acceptors (Lipinski definition) is 0. The van der Waals surface area contributed by atoms with Crippen molar-refractivity contribution < 1.29 is 0 Å². The largest absolute Gasteiger partial charge is 0.0654 e. The zero-order chi connectivity index (χ0) is 22.9. The normalized spacial score (nSPS) is 33.2. The summed E-state index contributed by atoms with van der Waals surface area (Å²) in [4.78, 5) is 0. The minimum atomic E-state index is 0.837. The molecule has 0 unspecified atom stereocenters. The van der Waals surface area contributed by atoms with Crippen LogP contribution in [0.5, 0.6) is 0 Å². The highest BCUT2D eigenvalue weighted by molar-refractivity contribution is 5.26. The van der Waals surface area contributed by atoms with Crippen molar-refractivity contribution >= 4 is 0 Å². The number of benzene rings is 1. The van der Waals surface area contributed by atoms with Crippen LogP contribution in [0.15, 0.2) is 24.3 Å². The Balaban J connectivity index is 1.13. The van der Waals surface area contributed by atoms with Gasteiger partial charge in [-0.15, -0.1) is 0 Å². The number of aryl methyl sites for hydroxylation is 1. The smallest absolute Gasteiger partial charge is 0.0162 e. The second-order valence-corrected chi connectivity index (χ2v) is 12.5. The van der Waals surface area contributed by atoms with E-state index in [2.05, 4.69) is 38.1 Å². The average molecular weight is 451 g/mol. The number of hydrogen-bond donors (Lipinski definition) is 0. The molecular formula is C33H54. The lowest BCUT2D eigenvalue weighted by Gasteiger charge is -2.37. The van der Waals surface area contributed by atoms with Crippen molar-refractivity contribution in [3.8, 4) is 0 Å². The summed E-state index contributed by atoms with van der Waals surface area (Å²) in [6, 6.07) is 9.92. The van der Waals surface area contributed by atoms with Gasteiger partial charge in [0.25, 0.3) is 0 Å². The van der Waals surface area contributed by atoms with Gasteiger partial charge in [0.1, 0.15) is 0 Å². The molecule has 0 heterocycles. The predicted octanol–water partition coefficient (Wildman–Crippen LogP) is 10.5. The zero-order valence-corrected chi connectivity index (χ0v) is 22.2. The Bertz CT molecular complexity index is 633. The maximum absolute atomic E-state index is 2.49. The van der Waals surface area contributed by atoms with Crippen LogP contribution < -0.4 is 0 Å². The summed E-state index contributed by atoms with van der Waals surface area (Å²) in [6.45, 7) is 4.72. The summed E-state index contributed by atoms with van der Waals surface area (Å²) in [5.41, 5.74) is 3.22. The van der Waals surface area contributed by atoms with Gasteiger partial charge in [-0.1, -0.05) is 95.9 Å². The molecule has 3 aliphatic rings. The van der Waals surface area contributed by atoms with Crippen molar-refractivity contribution in [1.82, 2.24) is 0 Å². The lowest BCUT2D eigenvalue weighted by atomic mass is 9.68. The lowest BCUT2D eigenvalue weighted by molar-refractivity contribution is 0.142. The van der Waals surface area contributed by atoms with Gasteiger partial charge >= 0.3 is 0 Å². The third-order valence-electron chi connectivity index (χ3n) is 10.4. The first-order valence-electron chi connectivity index (χ1n) is 15.3. The van der Waals surface area contributed by atoms with Crippen LogP contribution in [0.25, 0.3) is 0 Å². The molecule has 0 saturated heterocycles. The molecule has 0 nitrogen and oxygen atoms in total. The molecule has 4 rings (SSSR count). The van der Waals surface area contributed by atoms with Crippen molar-refractivity contribution in [2.75, 3.05) is 0 Å². The van der Waals surface area contributed by atoms with E-state index < -0.39 is 0 Å². The topological polar surface area (TPSA) is 0 Å². The molecule has 0 N–H and O–H groups in total. The van der Waals surface area contributed by atoms with E-state index in [9.17, 15) is 0 Å². The van der Waals surface area contributed by atoms with Crippen LogP contribution in [0.2, 0.25) is 0 Å². The van der Waals surface area contributed by atoms with Crippen molar-refractivity contribution in [1.29, 1.82) is 0 Å². The molecule has 0 atom stereocenters. The second-order valence-electron chi connectivity index (χ2n) is 12.5. The Kier molecular flexibility index (Phi) is 10.2. The minimum Gasteiger partial charge on any atom is -0.0654 e. The van der Waals surface area contributed by atoms with Crippen LogP contribution in [0.4, 0.5) is 0 Å². The molecule has 0 bridgehead atoms. The predicted molar refractivity (Wildman–Crippen MR) is 145 cm³/mol. The van der Waals surface area contributed by atoms with Gasteiger partial charge in [0.05, 0.1) is 0 Å². The molecular weight excluding hydrogens is 396 g/mol. The lowest BCUT2D eigenvalue weighted by Crippen LogP contribution is -2.25. The third-order valence-corrected chi connectivity index (χ3v) is 10.4. The van der Waals surface area contributed by atoms with Crippen molar-refractivity contribution in [2.45, 2.75) is 142 Å². The molecule has 0 heteroatoms. The van der Waals surface area contributed by atoms with Crippen molar-refractivity contribution in [3.63, 3.8) is 0 Å². The Morgan fingerprint density at radius 2 is 1.12 bits per heavy atom. The van der Waals surface area contributed by atoms with Gasteiger partial charge in [-0.3, -0.25) is 0 Å². The molecule has 3 fully saturated rings. The fraction of sp³-hybridized carbons (Fsp3) is 0.818. The first-order valence-corrected chi connectivity index (χ1v) is 15.3. The average Bonchev–Trinajstić information content (AvgIpc) is 2.89. The molecule has 0 spiro atoms. The highest BCUT2D eigenvalue weighted by Crippen LogP contribution is 2.43. The van der Waals surface area contributed by atoms with E-state index in [0.29, 0.717) is 0 Å². The fourth-order valence-electron chi connectivity index (χ4n) is 7.81. The van der Waals surface area contributed by atoms with Crippen LogP contribution in [0, 0.1) is 29.6 Å². The van der Waals surface area contributed by atoms with E-state index in [-0.39, 0.29) is 0 Å². The molecule has 1 aromatic carbocycles. The highest BCUT2D eigenvalue weighted by atomic mass is 14.4. The summed E-state index contributed by atoms with van der Waals surface area (Å²) < 4.78 is 0. The first kappa shape index (κ1) is 25.3. The molecule has 33 heavy (non-hydrogen) atoms. The van der Waals surface area contributed by atoms with Crippen LogP contribution in [-0.2, 0) is 6.42 Å². The molecule has 3 aliphatic carbocycles. The Morgan fingerprint density at radius 3 is 1.70 bits per heavy atom. The van der Waals surface area contributed by atoms with Gasteiger partial charge < -0.3 is 0 Å². The SMILES string of the molecule is CCCCCC1CCC(c2ccc(CCC3CCC(C4CCC(CC)CC4)CC3)cc2)CC1. The van der Waals surface area contributed by atoms with E-state index in [0.717, 1.165) is 35.5 Å². The Hall–Kier alpha value is -0.780. The van der Waals surface area contributed by atoms with Gasteiger partial charge in [-0.05, 0) is 111 Å². The quantitative estimate of drug-likeness (QED) is 0.311. The maximum atomic E-state index is 2.49. The minimum absolute atomic E-state index is 0.837. The van der Waals surface area contributed by atoms with Crippen LogP contribution in [-0.4, -0.2) is 0 Å². The molecule has 0 radical (unpaired) electrons. The third kappa shape index (κ3) is 7.60. The second kappa shape index (κ2) is 13.3. The molecule has 186 valence electrons. The summed E-state index contributed by atoms with van der Waals surface area (Å²) in [5, 5.41) is 0. The van der Waals surface area contributed by atoms with E-state index in [4.69, 9.17) is 0 Å². The molecule has 1 aromatic rings. The van der Waals surface area contributed by atoms with Crippen molar-refractivity contribution in [2.24, 2.45) is 29.6 Å². The van der Waals surface area contributed by atoms with Crippen molar-refractivity contribution in [3.05, 3.63) is 35.4 Å². The molecule has 0 amide bonds. The van der Waals surface area contributed by atoms with E-state index in [1.54, 1.807) is 24.0 Å². The Morgan fingerprint density at radius 1 is 0.576 bits per heavy atom. The van der Waals surface area contributed by atoms with Gasteiger partial charge in [-0.2, -0.15) is 0 Å². The monoisotopic (exact) mass is 450 g/mol. The highest BCUT2D eigenvalue weighted by Gasteiger charge is 2.30. The standard InChI is InChI=1S/C33H54/c1-3-5-6-7-27-12-20-31(21-13-27)33-24-16-29(17-25-33)9-8-28-14-22-32(23-15-28)30-18-10-26(4-2)11-19-30/h16-17,24-28,30-32H,3-15,18-23H2,1-2H3. The number of rotatable bonds is 10. The zero-order valence-electron chi connectivity index (χ0n) is 22.2. The van der Waals surface area contributed by atoms with E-state index >= 15 is 0 Å². The summed E-state index contributed by atoms with van der Waals surface area (Å²) in [6.07, 6.45) is 27.9. The summed E-state index contributed by atoms with van der Waals surface area (Å²) >= 11 is 0. The number of unbranched alkanes of at least 4 members (excludes halogenated alkanes) is 2. The van der Waals surface area contributed by atoms with E-state index in [1.165, 1.54) is 109 Å². The molecule has 0 aliphatic heterocycles. The van der Waals surface area contributed by atoms with Gasteiger partial charge in [-0.25, -0.2) is 0 Å². The molecule has 0 aromatic heterocycles. The van der Waals surface area contributed by atoms with E-state index in [1.807, 2.05) is 0 Å². The van der Waals surface area contributed by atoms with Crippen LogP contribution in [0.1, 0.15) is 146 Å². The Labute approximate surface area is 206 Å². The first-order chi connectivity index (χ1) is 16.2. The summed E-state index contributed by atoms with van der Waals surface area (Å²) in [7, 11) is 0.